The Balaban J connectivity index is 1.67. The predicted molar refractivity (Wildman–Crippen MR) is 147 cm³/mol. The van der Waals surface area contributed by atoms with Crippen LogP contribution in [0.1, 0.15) is 11.1 Å². The molecule has 0 fully saturated rings. The van der Waals surface area contributed by atoms with E-state index < -0.39 is 0 Å². The highest BCUT2D eigenvalue weighted by Gasteiger charge is 2.19. The van der Waals surface area contributed by atoms with Crippen molar-refractivity contribution in [2.45, 2.75) is 0 Å². The Labute approximate surface area is 212 Å². The summed E-state index contributed by atoms with van der Waals surface area (Å²) in [6.45, 7) is 0. The van der Waals surface area contributed by atoms with Crippen LogP contribution in [0, 0.1) is 0 Å². The van der Waals surface area contributed by atoms with Crippen LogP contribution in [0.3, 0.4) is 0 Å². The van der Waals surface area contributed by atoms with E-state index in [2.05, 4.69) is 109 Å². The van der Waals surface area contributed by atoms with Gasteiger partial charge in [0.15, 0.2) is 11.8 Å². The van der Waals surface area contributed by atoms with E-state index in [1.54, 1.807) is 14.2 Å². The Morgan fingerprint density at radius 3 is 1.25 bits per heavy atom. The molecule has 0 aromatic heterocycles. The number of ether oxygens (including phenoxy) is 2. The molecule has 2 heterocycles. The molecule has 0 radical (unpaired) electrons. The first-order valence-electron chi connectivity index (χ1n) is 12.0. The zero-order valence-electron chi connectivity index (χ0n) is 21.1. The molecule has 0 unspecified atom stereocenters. The van der Waals surface area contributed by atoms with E-state index in [9.17, 15) is 0 Å². The highest BCUT2D eigenvalue weighted by atomic mass is 16.5. The van der Waals surface area contributed by atoms with Gasteiger partial charge in [0.25, 0.3) is 0 Å². The van der Waals surface area contributed by atoms with Gasteiger partial charge in [-0.3, -0.25) is 4.90 Å². The lowest BCUT2D eigenvalue weighted by Crippen LogP contribution is -2.24. The van der Waals surface area contributed by atoms with Crippen LogP contribution < -0.4 is 10.4 Å². The summed E-state index contributed by atoms with van der Waals surface area (Å²) in [6, 6.07) is 29.8. The number of nitrogens with zero attached hydrogens (tertiary/aromatic N) is 2. The molecule has 0 saturated heterocycles. The first kappa shape index (κ1) is 23.3. The summed E-state index contributed by atoms with van der Waals surface area (Å²) in [6.07, 6.45) is 8.60. The normalized spacial score (nSPS) is 15.7. The van der Waals surface area contributed by atoms with Crippen molar-refractivity contribution in [2.24, 2.45) is 0 Å². The lowest BCUT2D eigenvalue weighted by Gasteiger charge is -2.30. The smallest absolute Gasteiger partial charge is 0.196 e. The van der Waals surface area contributed by atoms with Crippen LogP contribution in [-0.4, -0.2) is 38.1 Å². The molecule has 180 valence electrons. The molecule has 4 nitrogen and oxygen atoms in total. The maximum atomic E-state index is 5.54. The van der Waals surface area contributed by atoms with Crippen molar-refractivity contribution in [3.05, 3.63) is 143 Å². The van der Waals surface area contributed by atoms with Gasteiger partial charge in [0.1, 0.15) is 0 Å². The van der Waals surface area contributed by atoms with Crippen molar-refractivity contribution in [3.63, 3.8) is 0 Å². The van der Waals surface area contributed by atoms with Gasteiger partial charge < -0.3 is 14.4 Å². The molecule has 0 amide bonds. The maximum Gasteiger partial charge on any atom is 0.196 e. The molecule has 36 heavy (non-hydrogen) atoms. The van der Waals surface area contributed by atoms with Crippen LogP contribution in [0.4, 0.5) is 0 Å². The third-order valence-corrected chi connectivity index (χ3v) is 6.64. The topological polar surface area (TPSA) is 24.9 Å². The average molecular weight is 475 g/mol. The van der Waals surface area contributed by atoms with Gasteiger partial charge in [-0.15, -0.1) is 0 Å². The van der Waals surface area contributed by atoms with E-state index in [1.807, 2.05) is 24.1 Å². The molecular weight excluding hydrogens is 444 g/mol. The zero-order chi connectivity index (χ0) is 25.1. The summed E-state index contributed by atoms with van der Waals surface area (Å²) in [4.78, 5) is 4.16. The molecule has 0 bridgehead atoms. The number of allylic oxidation sites excluding steroid dienone is 4. The van der Waals surface area contributed by atoms with Crippen LogP contribution in [0.5, 0.6) is 0 Å². The van der Waals surface area contributed by atoms with Gasteiger partial charge in [-0.2, -0.15) is 0 Å². The second kappa shape index (κ2) is 10.0. The van der Waals surface area contributed by atoms with Gasteiger partial charge in [-0.1, -0.05) is 84.9 Å². The van der Waals surface area contributed by atoms with E-state index in [0.29, 0.717) is 0 Å². The van der Waals surface area contributed by atoms with Crippen molar-refractivity contribution < 1.29 is 9.47 Å². The highest BCUT2D eigenvalue weighted by molar-refractivity contribution is 5.92. The first-order valence-corrected chi connectivity index (χ1v) is 12.0. The second-order valence-electron chi connectivity index (χ2n) is 8.77. The van der Waals surface area contributed by atoms with Gasteiger partial charge in [0.2, 0.25) is 0 Å². The molecule has 0 atom stereocenters. The number of hydrogen-bond donors (Lipinski definition) is 0. The van der Waals surface area contributed by atoms with Crippen molar-refractivity contribution in [1.82, 2.24) is 9.80 Å². The third-order valence-electron chi connectivity index (χ3n) is 6.64. The minimum Gasteiger partial charge on any atom is -0.482 e. The van der Waals surface area contributed by atoms with E-state index in [4.69, 9.17) is 9.47 Å². The van der Waals surface area contributed by atoms with Crippen LogP contribution in [-0.2, 0) is 9.47 Å². The number of benzene rings is 3. The Morgan fingerprint density at radius 1 is 0.472 bits per heavy atom. The number of rotatable bonds is 4. The van der Waals surface area contributed by atoms with E-state index in [1.165, 1.54) is 28.1 Å². The quantitative estimate of drug-likeness (QED) is 0.535. The molecule has 3 aromatic carbocycles. The fourth-order valence-corrected chi connectivity index (χ4v) is 4.62. The highest BCUT2D eigenvalue weighted by Crippen LogP contribution is 2.34. The van der Waals surface area contributed by atoms with Gasteiger partial charge in [0, 0.05) is 37.6 Å². The lowest BCUT2D eigenvalue weighted by molar-refractivity contribution is 0.124. The molecule has 3 aromatic rings. The Morgan fingerprint density at radius 2 is 0.861 bits per heavy atom. The van der Waals surface area contributed by atoms with Crippen LogP contribution in [0.25, 0.3) is 22.5 Å². The Kier molecular flexibility index (Phi) is 6.50. The minimum absolute atomic E-state index is 0.740. The molecule has 0 N–H and O–H groups in total. The van der Waals surface area contributed by atoms with Gasteiger partial charge >= 0.3 is 0 Å². The van der Waals surface area contributed by atoms with E-state index >= 15 is 0 Å². The molecule has 2 aliphatic heterocycles. The summed E-state index contributed by atoms with van der Waals surface area (Å²) in [5.74, 6) is 1.48. The largest absolute Gasteiger partial charge is 0.482 e. The van der Waals surface area contributed by atoms with E-state index in [0.717, 1.165) is 27.8 Å². The molecule has 0 saturated carbocycles. The van der Waals surface area contributed by atoms with Crippen molar-refractivity contribution in [2.75, 3.05) is 28.3 Å². The number of hydrogen-bond acceptors (Lipinski definition) is 4. The summed E-state index contributed by atoms with van der Waals surface area (Å²) in [7, 11) is 7.40. The van der Waals surface area contributed by atoms with Crippen molar-refractivity contribution in [3.8, 4) is 0 Å². The Hall–Kier alpha value is -4.44. The third kappa shape index (κ3) is 4.46. The Bertz CT molecular complexity index is 1410. The molecule has 4 heteroatoms. The summed E-state index contributed by atoms with van der Waals surface area (Å²) < 4.78 is 11.1. The van der Waals surface area contributed by atoms with Crippen LogP contribution in [0.2, 0.25) is 0 Å². The molecule has 0 aliphatic carbocycles. The first-order chi connectivity index (χ1) is 17.6. The average Bonchev–Trinajstić information content (AvgIpc) is 2.94. The molecule has 5 rings (SSSR count). The second-order valence-corrected chi connectivity index (χ2v) is 8.77. The molecular formula is C32H30N2O2. The van der Waals surface area contributed by atoms with Gasteiger partial charge in [-0.25, -0.2) is 0 Å². The van der Waals surface area contributed by atoms with E-state index in [-0.39, 0.29) is 0 Å². The lowest BCUT2D eigenvalue weighted by atomic mass is 9.97. The fraction of sp³-hybridized carbons (Fsp3) is 0.125. The minimum atomic E-state index is 0.740. The van der Waals surface area contributed by atoms with Gasteiger partial charge in [0.05, 0.1) is 14.2 Å². The van der Waals surface area contributed by atoms with Crippen molar-refractivity contribution in [1.29, 1.82) is 0 Å². The summed E-state index contributed by atoms with van der Waals surface area (Å²) in [5.41, 5.74) is 6.93. The zero-order valence-corrected chi connectivity index (χ0v) is 21.1. The molecule has 0 spiro atoms. The summed E-state index contributed by atoms with van der Waals surface area (Å²) in [5, 5.41) is 2.26. The number of methoxy groups -OCH3 is 2. The predicted octanol–water partition coefficient (Wildman–Crippen LogP) is 4.94. The van der Waals surface area contributed by atoms with Crippen molar-refractivity contribution >= 4 is 22.5 Å². The van der Waals surface area contributed by atoms with Crippen LogP contribution >= 0.6 is 0 Å². The summed E-state index contributed by atoms with van der Waals surface area (Å²) >= 11 is 0. The SMILES string of the molecule is COC1=CC(=c2ccc(=C3C=C(c4ccccc4)N(C)C(c4ccccc4)=C3)cc2)C=C(OC)N1C. The monoisotopic (exact) mass is 474 g/mol. The van der Waals surface area contributed by atoms with Gasteiger partial charge in [-0.05, 0) is 44.9 Å². The standard InChI is InChI=1S/C32H30N2O2/c1-33-29(25-11-7-5-8-12-25)19-27(20-30(33)26-13-9-6-10-14-26)23-15-17-24(18-16-23)28-21-31(35-3)34(2)32(22-28)36-4/h5-22H,1-4H3. The maximum absolute atomic E-state index is 5.54. The van der Waals surface area contributed by atoms with Crippen LogP contribution in [0.15, 0.2) is 121 Å². The fourth-order valence-electron chi connectivity index (χ4n) is 4.62. The molecule has 2 aliphatic rings.